The fraction of sp³-hybridized carbons (Fsp3) is 0.438. The van der Waals surface area contributed by atoms with Crippen molar-refractivity contribution < 1.29 is 13.9 Å². The minimum Gasteiger partial charge on any atom is -0.396 e. The van der Waals surface area contributed by atoms with E-state index in [0.29, 0.717) is 11.9 Å². The Bertz CT molecular complexity index is 677. The Kier molecular flexibility index (Phi) is 3.53. The fourth-order valence-corrected chi connectivity index (χ4v) is 3.09. The fourth-order valence-electron chi connectivity index (χ4n) is 3.09. The minimum atomic E-state index is -0.645. The van der Waals surface area contributed by atoms with E-state index >= 15 is 0 Å². The monoisotopic (exact) mass is 292 g/mol. The van der Waals surface area contributed by atoms with Gasteiger partial charge in [-0.15, -0.1) is 0 Å². The topological polar surface area (TPSA) is 36.4 Å². The first-order valence-electron chi connectivity index (χ1n) is 7.12. The van der Waals surface area contributed by atoms with Crippen molar-refractivity contribution in [3.63, 3.8) is 0 Å². The van der Waals surface area contributed by atoms with E-state index in [0.717, 1.165) is 31.1 Å². The number of aromatic nitrogens is 1. The first-order chi connectivity index (χ1) is 10.0. The molecule has 1 aliphatic heterocycles. The summed E-state index contributed by atoms with van der Waals surface area (Å²) in [6.45, 7) is 3.62. The Morgan fingerprint density at radius 3 is 2.95 bits per heavy atom. The van der Waals surface area contributed by atoms with Crippen molar-refractivity contribution in [3.05, 3.63) is 36.0 Å². The molecule has 0 aliphatic carbocycles. The highest BCUT2D eigenvalue weighted by Crippen LogP contribution is 2.35. The number of aliphatic hydroxyl groups excluding tert-OH is 1. The number of pyridine rings is 1. The number of hydrogen-bond acceptors (Lipinski definition) is 3. The molecule has 2 heterocycles. The van der Waals surface area contributed by atoms with Crippen LogP contribution in [0.2, 0.25) is 0 Å². The van der Waals surface area contributed by atoms with Gasteiger partial charge >= 0.3 is 0 Å². The van der Waals surface area contributed by atoms with Gasteiger partial charge in [-0.2, -0.15) is 0 Å². The lowest BCUT2D eigenvalue weighted by atomic mass is 9.82. The summed E-state index contributed by atoms with van der Waals surface area (Å²) in [4.78, 5) is 6.10. The highest BCUT2D eigenvalue weighted by molar-refractivity contribution is 5.92. The van der Waals surface area contributed by atoms with Crippen LogP contribution in [0.5, 0.6) is 0 Å². The van der Waals surface area contributed by atoms with Gasteiger partial charge in [0.25, 0.3) is 0 Å². The van der Waals surface area contributed by atoms with Crippen LogP contribution in [0.1, 0.15) is 19.8 Å². The van der Waals surface area contributed by atoms with Crippen LogP contribution in [0, 0.1) is 17.0 Å². The number of fused-ring (bicyclic) bond motifs is 1. The second-order valence-electron chi connectivity index (χ2n) is 6.11. The molecule has 1 saturated heterocycles. The van der Waals surface area contributed by atoms with Crippen LogP contribution in [-0.2, 0) is 0 Å². The molecule has 0 amide bonds. The molecule has 5 heteroatoms. The molecule has 1 fully saturated rings. The number of aliphatic hydroxyl groups is 1. The number of halogens is 2. The van der Waals surface area contributed by atoms with Crippen LogP contribution in [0.15, 0.2) is 24.4 Å². The molecule has 3 nitrogen and oxygen atoms in total. The van der Waals surface area contributed by atoms with Crippen molar-refractivity contribution >= 4 is 16.6 Å². The van der Waals surface area contributed by atoms with E-state index < -0.39 is 11.6 Å². The molecule has 0 bridgehead atoms. The molecule has 0 radical (unpaired) electrons. The molecule has 1 N–H and O–H groups in total. The van der Waals surface area contributed by atoms with Crippen molar-refractivity contribution in [2.75, 3.05) is 24.6 Å². The van der Waals surface area contributed by atoms with Crippen LogP contribution >= 0.6 is 0 Å². The van der Waals surface area contributed by atoms with E-state index in [9.17, 15) is 13.9 Å². The molecule has 0 spiro atoms. The third-order valence-corrected chi connectivity index (χ3v) is 4.24. The maximum Gasteiger partial charge on any atom is 0.152 e. The Labute approximate surface area is 122 Å². The first kappa shape index (κ1) is 14.2. The van der Waals surface area contributed by atoms with Gasteiger partial charge in [0.05, 0.1) is 6.61 Å². The minimum absolute atomic E-state index is 0.106. The number of hydrogen-bond donors (Lipinski definition) is 1. The lowest BCUT2D eigenvalue weighted by Gasteiger charge is -2.41. The number of piperidine rings is 1. The second kappa shape index (κ2) is 5.22. The summed E-state index contributed by atoms with van der Waals surface area (Å²) in [5.74, 6) is -1.25. The predicted molar refractivity (Wildman–Crippen MR) is 78.3 cm³/mol. The van der Waals surface area contributed by atoms with E-state index in [1.807, 2.05) is 6.92 Å². The van der Waals surface area contributed by atoms with E-state index in [4.69, 9.17) is 0 Å². The third kappa shape index (κ3) is 2.58. The zero-order valence-corrected chi connectivity index (χ0v) is 11.9. The molecule has 112 valence electrons. The first-order valence-corrected chi connectivity index (χ1v) is 7.12. The smallest absolute Gasteiger partial charge is 0.152 e. The Morgan fingerprint density at radius 2 is 2.19 bits per heavy atom. The van der Waals surface area contributed by atoms with Crippen molar-refractivity contribution in [1.82, 2.24) is 4.98 Å². The molecule has 1 aliphatic rings. The number of benzene rings is 1. The van der Waals surface area contributed by atoms with E-state index in [1.54, 1.807) is 12.3 Å². The summed E-state index contributed by atoms with van der Waals surface area (Å²) in [5.41, 5.74) is 0.780. The molecular weight excluding hydrogens is 274 g/mol. The van der Waals surface area contributed by atoms with Gasteiger partial charge in [0.1, 0.15) is 11.3 Å². The summed E-state index contributed by atoms with van der Waals surface area (Å²) in [6, 6.07) is 3.96. The quantitative estimate of drug-likeness (QED) is 0.924. The van der Waals surface area contributed by atoms with Crippen LogP contribution in [0.3, 0.4) is 0 Å². The van der Waals surface area contributed by atoms with Gasteiger partial charge in [-0.1, -0.05) is 6.92 Å². The van der Waals surface area contributed by atoms with Gasteiger partial charge < -0.3 is 10.0 Å². The highest BCUT2D eigenvalue weighted by atomic mass is 19.1. The lowest BCUT2D eigenvalue weighted by Crippen LogP contribution is -2.43. The van der Waals surface area contributed by atoms with Crippen molar-refractivity contribution in [1.29, 1.82) is 0 Å². The average molecular weight is 292 g/mol. The molecule has 1 aromatic carbocycles. The molecule has 1 unspecified atom stereocenters. The summed E-state index contributed by atoms with van der Waals surface area (Å²) in [5, 5.41) is 10.0. The zero-order chi connectivity index (χ0) is 15.0. The van der Waals surface area contributed by atoms with Crippen molar-refractivity contribution in [2.24, 2.45) is 5.41 Å². The Balaban J connectivity index is 2.08. The maximum atomic E-state index is 13.9. The lowest BCUT2D eigenvalue weighted by molar-refractivity contribution is 0.123. The summed E-state index contributed by atoms with van der Waals surface area (Å²) >= 11 is 0. The van der Waals surface area contributed by atoms with Gasteiger partial charge in [0, 0.05) is 41.8 Å². The zero-order valence-electron chi connectivity index (χ0n) is 11.9. The molecular formula is C16H18F2N2O. The third-order valence-electron chi connectivity index (χ3n) is 4.24. The van der Waals surface area contributed by atoms with Crippen LogP contribution in [0.4, 0.5) is 14.5 Å². The number of rotatable bonds is 2. The van der Waals surface area contributed by atoms with E-state index in [2.05, 4.69) is 9.88 Å². The molecule has 21 heavy (non-hydrogen) atoms. The van der Waals surface area contributed by atoms with Crippen LogP contribution < -0.4 is 4.90 Å². The van der Waals surface area contributed by atoms with Crippen LogP contribution in [-0.4, -0.2) is 29.8 Å². The van der Waals surface area contributed by atoms with E-state index in [-0.39, 0.29) is 17.5 Å². The van der Waals surface area contributed by atoms with E-state index in [1.165, 1.54) is 6.07 Å². The Morgan fingerprint density at radius 1 is 1.38 bits per heavy atom. The normalized spacial score (nSPS) is 22.8. The average Bonchev–Trinajstić information content (AvgIpc) is 2.46. The number of nitrogens with zero attached hydrogens (tertiary/aromatic N) is 2. The highest BCUT2D eigenvalue weighted by Gasteiger charge is 2.31. The standard InChI is InChI=1S/C16H18F2N2O/c1-16(10-21)4-2-6-20(9-16)14-3-5-19-15-12(14)7-11(17)8-13(15)18/h3,5,7-8,21H,2,4,6,9-10H2,1H3. The molecule has 1 atom stereocenters. The van der Waals surface area contributed by atoms with Crippen molar-refractivity contribution in [3.8, 4) is 0 Å². The Hall–Kier alpha value is -1.75. The SMILES string of the molecule is CC1(CO)CCCN(c2ccnc3c(F)cc(F)cc23)C1. The van der Waals surface area contributed by atoms with Gasteiger partial charge in [-0.05, 0) is 25.0 Å². The predicted octanol–water partition coefficient (Wildman–Crippen LogP) is 3.11. The molecule has 0 saturated carbocycles. The van der Waals surface area contributed by atoms with Gasteiger partial charge in [-0.3, -0.25) is 4.98 Å². The van der Waals surface area contributed by atoms with Crippen molar-refractivity contribution in [2.45, 2.75) is 19.8 Å². The van der Waals surface area contributed by atoms with Gasteiger partial charge in [-0.25, -0.2) is 8.78 Å². The van der Waals surface area contributed by atoms with Gasteiger partial charge in [0.2, 0.25) is 0 Å². The summed E-state index contributed by atoms with van der Waals surface area (Å²) in [6.07, 6.45) is 3.44. The number of anilines is 1. The summed E-state index contributed by atoms with van der Waals surface area (Å²) in [7, 11) is 0. The molecule has 2 aromatic rings. The molecule has 1 aromatic heterocycles. The summed E-state index contributed by atoms with van der Waals surface area (Å²) < 4.78 is 27.4. The maximum absolute atomic E-state index is 13.9. The second-order valence-corrected chi connectivity index (χ2v) is 6.11. The van der Waals surface area contributed by atoms with Gasteiger partial charge in [0.15, 0.2) is 5.82 Å². The molecule has 3 rings (SSSR count). The largest absolute Gasteiger partial charge is 0.396 e. The van der Waals surface area contributed by atoms with Crippen LogP contribution in [0.25, 0.3) is 10.9 Å².